The van der Waals surface area contributed by atoms with Crippen LogP contribution in [0.1, 0.15) is 16.7 Å². The highest BCUT2D eigenvalue weighted by Gasteiger charge is 1.94. The molecule has 0 amide bonds. The van der Waals surface area contributed by atoms with Crippen LogP contribution in [-0.2, 0) is 0 Å². The SMILES string of the molecule is N=C(N)c1ccc(C=Cc2ccccc2)cc1. The first kappa shape index (κ1) is 11.1. The Bertz CT molecular complexity index is 525. The van der Waals surface area contributed by atoms with Gasteiger partial charge in [0.05, 0.1) is 0 Å². The van der Waals surface area contributed by atoms with Crippen LogP contribution in [0.15, 0.2) is 54.6 Å². The fourth-order valence-corrected chi connectivity index (χ4v) is 1.53. The molecule has 0 bridgehead atoms. The summed E-state index contributed by atoms with van der Waals surface area (Å²) in [5.41, 5.74) is 8.41. The zero-order valence-corrected chi connectivity index (χ0v) is 9.43. The fraction of sp³-hybridized carbons (Fsp3) is 0. The highest BCUT2D eigenvalue weighted by Crippen LogP contribution is 2.09. The molecule has 84 valence electrons. The molecule has 0 aliphatic carbocycles. The first-order chi connectivity index (χ1) is 8.25. The van der Waals surface area contributed by atoms with E-state index >= 15 is 0 Å². The predicted octanol–water partition coefficient (Wildman–Crippen LogP) is 3.14. The Morgan fingerprint density at radius 1 is 0.824 bits per heavy atom. The van der Waals surface area contributed by atoms with E-state index < -0.39 is 0 Å². The van der Waals surface area contributed by atoms with Gasteiger partial charge in [-0.05, 0) is 11.1 Å². The van der Waals surface area contributed by atoms with Crippen molar-refractivity contribution in [3.05, 3.63) is 71.3 Å². The topological polar surface area (TPSA) is 49.9 Å². The van der Waals surface area contributed by atoms with E-state index in [1.165, 1.54) is 5.56 Å². The van der Waals surface area contributed by atoms with Crippen LogP contribution in [0, 0.1) is 5.41 Å². The summed E-state index contributed by atoms with van der Waals surface area (Å²) in [6, 6.07) is 17.8. The lowest BCUT2D eigenvalue weighted by molar-refractivity contribution is 1.42. The Balaban J connectivity index is 2.14. The molecule has 0 spiro atoms. The van der Waals surface area contributed by atoms with Crippen LogP contribution < -0.4 is 5.73 Å². The summed E-state index contributed by atoms with van der Waals surface area (Å²) in [6.45, 7) is 0. The number of amidine groups is 1. The van der Waals surface area contributed by atoms with Gasteiger partial charge in [0.1, 0.15) is 5.84 Å². The number of hydrogen-bond donors (Lipinski definition) is 2. The Morgan fingerprint density at radius 3 is 1.88 bits per heavy atom. The molecule has 0 unspecified atom stereocenters. The molecule has 0 heterocycles. The molecular weight excluding hydrogens is 208 g/mol. The Hall–Kier alpha value is -2.35. The quantitative estimate of drug-likeness (QED) is 0.468. The second kappa shape index (κ2) is 5.12. The van der Waals surface area contributed by atoms with Crippen LogP contribution >= 0.6 is 0 Å². The number of rotatable bonds is 3. The average Bonchev–Trinajstić information content (AvgIpc) is 2.38. The summed E-state index contributed by atoms with van der Waals surface area (Å²) < 4.78 is 0. The van der Waals surface area contributed by atoms with E-state index in [0.29, 0.717) is 0 Å². The van der Waals surface area contributed by atoms with Gasteiger partial charge in [-0.1, -0.05) is 66.7 Å². The summed E-state index contributed by atoms with van der Waals surface area (Å²) in [5, 5.41) is 7.30. The predicted molar refractivity (Wildman–Crippen MR) is 72.8 cm³/mol. The van der Waals surface area contributed by atoms with Gasteiger partial charge in [-0.25, -0.2) is 0 Å². The number of benzene rings is 2. The zero-order chi connectivity index (χ0) is 12.1. The van der Waals surface area contributed by atoms with Gasteiger partial charge < -0.3 is 5.73 Å². The van der Waals surface area contributed by atoms with E-state index in [1.54, 1.807) is 0 Å². The Kier molecular flexibility index (Phi) is 3.36. The van der Waals surface area contributed by atoms with Crippen molar-refractivity contribution in [2.24, 2.45) is 5.73 Å². The summed E-state index contributed by atoms with van der Waals surface area (Å²) in [5.74, 6) is 0.101. The lowest BCUT2D eigenvalue weighted by atomic mass is 10.1. The van der Waals surface area contributed by atoms with Gasteiger partial charge in [0.15, 0.2) is 0 Å². The summed E-state index contributed by atoms with van der Waals surface area (Å²) >= 11 is 0. The van der Waals surface area contributed by atoms with E-state index in [2.05, 4.69) is 18.2 Å². The minimum atomic E-state index is 0.101. The summed E-state index contributed by atoms with van der Waals surface area (Å²) in [7, 11) is 0. The molecule has 0 saturated carbocycles. The molecule has 0 atom stereocenters. The van der Waals surface area contributed by atoms with Crippen molar-refractivity contribution in [2.45, 2.75) is 0 Å². The molecule has 2 aromatic rings. The lowest BCUT2D eigenvalue weighted by Crippen LogP contribution is -2.10. The monoisotopic (exact) mass is 222 g/mol. The van der Waals surface area contributed by atoms with Crippen LogP contribution in [0.5, 0.6) is 0 Å². The molecule has 0 aliphatic rings. The first-order valence-electron chi connectivity index (χ1n) is 5.43. The van der Waals surface area contributed by atoms with E-state index in [0.717, 1.165) is 11.1 Å². The molecule has 0 fully saturated rings. The van der Waals surface area contributed by atoms with Crippen molar-refractivity contribution in [1.29, 1.82) is 5.41 Å². The highest BCUT2D eigenvalue weighted by molar-refractivity contribution is 5.95. The summed E-state index contributed by atoms with van der Waals surface area (Å²) in [4.78, 5) is 0. The van der Waals surface area contributed by atoms with Gasteiger partial charge in [0.25, 0.3) is 0 Å². The molecule has 2 nitrogen and oxygen atoms in total. The molecule has 0 saturated heterocycles. The first-order valence-corrected chi connectivity index (χ1v) is 5.43. The van der Waals surface area contributed by atoms with E-state index in [1.807, 2.05) is 48.5 Å². The smallest absolute Gasteiger partial charge is 0.122 e. The highest BCUT2D eigenvalue weighted by atomic mass is 14.7. The van der Waals surface area contributed by atoms with Crippen molar-refractivity contribution in [3.8, 4) is 0 Å². The minimum Gasteiger partial charge on any atom is -0.384 e. The fourth-order valence-electron chi connectivity index (χ4n) is 1.53. The third-order valence-electron chi connectivity index (χ3n) is 2.49. The largest absolute Gasteiger partial charge is 0.384 e. The molecule has 2 heteroatoms. The van der Waals surface area contributed by atoms with E-state index in [9.17, 15) is 0 Å². The maximum absolute atomic E-state index is 7.30. The second-order valence-electron chi connectivity index (χ2n) is 3.78. The Labute approximate surface area is 101 Å². The molecule has 2 aromatic carbocycles. The third-order valence-corrected chi connectivity index (χ3v) is 2.49. The van der Waals surface area contributed by atoms with Crippen LogP contribution in [0.2, 0.25) is 0 Å². The number of nitrogen functional groups attached to an aromatic ring is 1. The Morgan fingerprint density at radius 2 is 1.35 bits per heavy atom. The molecule has 3 N–H and O–H groups in total. The maximum Gasteiger partial charge on any atom is 0.122 e. The van der Waals surface area contributed by atoms with Crippen molar-refractivity contribution in [1.82, 2.24) is 0 Å². The summed E-state index contributed by atoms with van der Waals surface area (Å²) in [6.07, 6.45) is 4.10. The number of hydrogen-bond acceptors (Lipinski definition) is 1. The second-order valence-corrected chi connectivity index (χ2v) is 3.78. The third kappa shape index (κ3) is 3.05. The van der Waals surface area contributed by atoms with Crippen molar-refractivity contribution in [2.75, 3.05) is 0 Å². The van der Waals surface area contributed by atoms with Crippen LogP contribution in [0.4, 0.5) is 0 Å². The van der Waals surface area contributed by atoms with Crippen molar-refractivity contribution < 1.29 is 0 Å². The average molecular weight is 222 g/mol. The van der Waals surface area contributed by atoms with E-state index in [-0.39, 0.29) is 5.84 Å². The van der Waals surface area contributed by atoms with Gasteiger partial charge in [-0.15, -0.1) is 0 Å². The molecule has 0 aliphatic heterocycles. The van der Waals surface area contributed by atoms with Gasteiger partial charge >= 0.3 is 0 Å². The van der Waals surface area contributed by atoms with Gasteiger partial charge in [-0.3, -0.25) is 5.41 Å². The van der Waals surface area contributed by atoms with Crippen LogP contribution in [-0.4, -0.2) is 5.84 Å². The van der Waals surface area contributed by atoms with E-state index in [4.69, 9.17) is 11.1 Å². The minimum absolute atomic E-state index is 0.101. The van der Waals surface area contributed by atoms with Crippen LogP contribution in [0.25, 0.3) is 12.2 Å². The maximum atomic E-state index is 7.30. The molecule has 17 heavy (non-hydrogen) atoms. The van der Waals surface area contributed by atoms with Gasteiger partial charge in [0.2, 0.25) is 0 Å². The van der Waals surface area contributed by atoms with Crippen molar-refractivity contribution >= 4 is 18.0 Å². The number of nitrogens with two attached hydrogens (primary N) is 1. The van der Waals surface area contributed by atoms with Gasteiger partial charge in [-0.2, -0.15) is 0 Å². The normalized spacial score (nSPS) is 10.6. The standard InChI is InChI=1S/C15H14N2/c16-15(17)14-10-8-13(9-11-14)7-6-12-4-2-1-3-5-12/h1-11H,(H3,16,17). The van der Waals surface area contributed by atoms with Crippen LogP contribution in [0.3, 0.4) is 0 Å². The number of nitrogens with one attached hydrogen (secondary N) is 1. The lowest BCUT2D eigenvalue weighted by Gasteiger charge is -1.98. The van der Waals surface area contributed by atoms with Crippen molar-refractivity contribution in [3.63, 3.8) is 0 Å². The van der Waals surface area contributed by atoms with Gasteiger partial charge in [0, 0.05) is 5.56 Å². The zero-order valence-electron chi connectivity index (χ0n) is 9.43. The molecule has 2 rings (SSSR count). The molecule has 0 radical (unpaired) electrons. The molecular formula is C15H14N2. The molecule has 0 aromatic heterocycles.